The maximum Gasteiger partial charge on any atom is 0.151 e. The number of nitrogens with zero attached hydrogens (tertiary/aromatic N) is 3. The van der Waals surface area contributed by atoms with Gasteiger partial charge in [-0.15, -0.1) is 0 Å². The van der Waals surface area contributed by atoms with E-state index in [-0.39, 0.29) is 11.9 Å². The third-order valence-electron chi connectivity index (χ3n) is 4.12. The molecule has 2 rings (SSSR count). The first kappa shape index (κ1) is 18.7. The number of ether oxygens (including phenoxy) is 1. The molecule has 0 bridgehead atoms. The van der Waals surface area contributed by atoms with E-state index in [0.29, 0.717) is 17.8 Å². The Balaban J connectivity index is 2.25. The van der Waals surface area contributed by atoms with Gasteiger partial charge in [-0.2, -0.15) is 0 Å². The molecule has 0 aliphatic heterocycles. The zero-order chi connectivity index (χ0) is 17.9. The predicted molar refractivity (Wildman–Crippen MR) is 95.7 cm³/mol. The standard InChI is InChI=1S/C16H26N4O3S/c1-11-10-18-15(17)13-14(11)20(16(19-13)12(2)23-3)8-6-5-7-9-24(4,21)22/h10,12H,5-9H2,1-4H3,(H2,17,18). The van der Waals surface area contributed by atoms with Gasteiger partial charge in [0.15, 0.2) is 5.82 Å². The molecule has 0 saturated heterocycles. The molecule has 2 heterocycles. The second kappa shape index (κ2) is 7.48. The number of nitrogens with two attached hydrogens (primary N) is 1. The highest BCUT2D eigenvalue weighted by atomic mass is 32.2. The van der Waals surface area contributed by atoms with Crippen LogP contribution in [0.2, 0.25) is 0 Å². The van der Waals surface area contributed by atoms with E-state index in [1.165, 1.54) is 6.26 Å². The summed E-state index contributed by atoms with van der Waals surface area (Å²) in [4.78, 5) is 8.81. The van der Waals surface area contributed by atoms with Crippen LogP contribution in [0, 0.1) is 6.92 Å². The number of hydrogen-bond acceptors (Lipinski definition) is 6. The highest BCUT2D eigenvalue weighted by Crippen LogP contribution is 2.28. The van der Waals surface area contributed by atoms with Gasteiger partial charge >= 0.3 is 0 Å². The summed E-state index contributed by atoms with van der Waals surface area (Å²) in [5.41, 5.74) is 8.67. The number of aromatic nitrogens is 3. The van der Waals surface area contributed by atoms with Gasteiger partial charge in [0, 0.05) is 31.9 Å². The van der Waals surface area contributed by atoms with Gasteiger partial charge in [0.05, 0.1) is 5.52 Å². The fourth-order valence-corrected chi connectivity index (χ4v) is 3.52. The Morgan fingerprint density at radius 3 is 2.67 bits per heavy atom. The van der Waals surface area contributed by atoms with Gasteiger partial charge in [-0.05, 0) is 32.3 Å². The summed E-state index contributed by atoms with van der Waals surface area (Å²) in [6, 6.07) is 0. The average molecular weight is 354 g/mol. The first-order chi connectivity index (χ1) is 11.2. The number of nitrogen functional groups attached to an aromatic ring is 1. The van der Waals surface area contributed by atoms with Gasteiger partial charge in [-0.3, -0.25) is 0 Å². The molecule has 0 fully saturated rings. The van der Waals surface area contributed by atoms with E-state index in [4.69, 9.17) is 10.5 Å². The highest BCUT2D eigenvalue weighted by Gasteiger charge is 2.19. The number of sulfone groups is 1. The van der Waals surface area contributed by atoms with Crippen LogP contribution in [-0.2, 0) is 21.1 Å². The summed E-state index contributed by atoms with van der Waals surface area (Å²) in [7, 11) is -1.25. The molecule has 2 aromatic rings. The van der Waals surface area contributed by atoms with E-state index in [9.17, 15) is 8.42 Å². The molecule has 134 valence electrons. The lowest BCUT2D eigenvalue weighted by Gasteiger charge is -2.14. The lowest BCUT2D eigenvalue weighted by atomic mass is 10.2. The molecule has 0 aromatic carbocycles. The number of imidazole rings is 1. The van der Waals surface area contributed by atoms with Crippen molar-refractivity contribution >= 4 is 26.7 Å². The molecule has 0 amide bonds. The summed E-state index contributed by atoms with van der Waals surface area (Å²) < 4.78 is 30.0. The van der Waals surface area contributed by atoms with E-state index >= 15 is 0 Å². The largest absolute Gasteiger partial charge is 0.382 e. The molecule has 2 N–H and O–H groups in total. The van der Waals surface area contributed by atoms with Crippen molar-refractivity contribution in [2.75, 3.05) is 24.9 Å². The fraction of sp³-hybridized carbons (Fsp3) is 0.625. The van der Waals surface area contributed by atoms with E-state index in [1.54, 1.807) is 13.3 Å². The van der Waals surface area contributed by atoms with Crippen LogP contribution in [0.1, 0.15) is 43.7 Å². The molecule has 0 radical (unpaired) electrons. The van der Waals surface area contributed by atoms with Crippen molar-refractivity contribution in [3.05, 3.63) is 17.6 Å². The molecular weight excluding hydrogens is 328 g/mol. The van der Waals surface area contributed by atoms with Gasteiger partial charge in [0.2, 0.25) is 0 Å². The monoisotopic (exact) mass is 354 g/mol. The topological polar surface area (TPSA) is 100 Å². The molecule has 1 unspecified atom stereocenters. The summed E-state index contributed by atoms with van der Waals surface area (Å²) in [5.74, 6) is 1.46. The SMILES string of the molecule is COC(C)c1nc2c(N)ncc(C)c2n1CCCCCS(C)(=O)=O. The minimum absolute atomic E-state index is 0.160. The highest BCUT2D eigenvalue weighted by molar-refractivity contribution is 7.90. The smallest absolute Gasteiger partial charge is 0.151 e. The van der Waals surface area contributed by atoms with Gasteiger partial charge in [0.25, 0.3) is 0 Å². The van der Waals surface area contributed by atoms with E-state index in [2.05, 4.69) is 14.5 Å². The molecule has 0 saturated carbocycles. The van der Waals surface area contributed by atoms with Crippen molar-refractivity contribution in [1.82, 2.24) is 14.5 Å². The van der Waals surface area contributed by atoms with Crippen molar-refractivity contribution < 1.29 is 13.2 Å². The molecule has 24 heavy (non-hydrogen) atoms. The minimum Gasteiger partial charge on any atom is -0.382 e. The predicted octanol–water partition coefficient (Wildman–Crippen LogP) is 2.24. The molecule has 8 heteroatoms. The van der Waals surface area contributed by atoms with Crippen LogP contribution >= 0.6 is 0 Å². The second-order valence-corrected chi connectivity index (χ2v) is 8.47. The van der Waals surface area contributed by atoms with Crippen molar-refractivity contribution in [1.29, 1.82) is 0 Å². The Kier molecular flexibility index (Phi) is 5.82. The molecule has 7 nitrogen and oxygen atoms in total. The molecule has 2 aromatic heterocycles. The fourth-order valence-electron chi connectivity index (χ4n) is 2.79. The molecule has 0 spiro atoms. The van der Waals surface area contributed by atoms with Crippen LogP contribution in [0.4, 0.5) is 5.82 Å². The Morgan fingerprint density at radius 1 is 1.33 bits per heavy atom. The van der Waals surface area contributed by atoms with Crippen LogP contribution in [0.15, 0.2) is 6.20 Å². The number of pyridine rings is 1. The zero-order valence-electron chi connectivity index (χ0n) is 14.7. The lowest BCUT2D eigenvalue weighted by Crippen LogP contribution is -2.10. The number of unbranched alkanes of at least 4 members (excludes halogenated alkanes) is 2. The van der Waals surface area contributed by atoms with Gasteiger partial charge in [0.1, 0.15) is 27.3 Å². The Hall–Kier alpha value is -1.67. The Morgan fingerprint density at radius 2 is 2.04 bits per heavy atom. The van der Waals surface area contributed by atoms with Crippen molar-refractivity contribution in [3.8, 4) is 0 Å². The normalized spacial score (nSPS) is 13.5. The van der Waals surface area contributed by atoms with E-state index in [0.717, 1.165) is 36.3 Å². The minimum atomic E-state index is -2.89. The number of fused-ring (bicyclic) bond motifs is 1. The Bertz CT molecular complexity index is 814. The van der Waals surface area contributed by atoms with E-state index < -0.39 is 9.84 Å². The van der Waals surface area contributed by atoms with Crippen LogP contribution < -0.4 is 5.73 Å². The average Bonchev–Trinajstić information content (AvgIpc) is 2.89. The number of aryl methyl sites for hydroxylation is 2. The number of hydrogen-bond donors (Lipinski definition) is 1. The number of methoxy groups -OCH3 is 1. The number of rotatable bonds is 8. The maximum atomic E-state index is 11.2. The molecule has 0 aliphatic rings. The van der Waals surface area contributed by atoms with Crippen LogP contribution in [0.3, 0.4) is 0 Å². The van der Waals surface area contributed by atoms with Crippen LogP contribution in [0.5, 0.6) is 0 Å². The molecule has 1 atom stereocenters. The van der Waals surface area contributed by atoms with Crippen molar-refractivity contribution in [2.24, 2.45) is 0 Å². The summed E-state index contributed by atoms with van der Waals surface area (Å²) in [6.45, 7) is 4.67. The maximum absolute atomic E-state index is 11.2. The van der Waals surface area contributed by atoms with Crippen molar-refractivity contribution in [3.63, 3.8) is 0 Å². The third kappa shape index (κ3) is 4.24. The van der Waals surface area contributed by atoms with Gasteiger partial charge in [-0.25, -0.2) is 18.4 Å². The summed E-state index contributed by atoms with van der Waals surface area (Å²) in [6.07, 6.45) is 5.24. The lowest BCUT2D eigenvalue weighted by molar-refractivity contribution is 0.109. The van der Waals surface area contributed by atoms with E-state index in [1.807, 2.05) is 13.8 Å². The first-order valence-corrected chi connectivity index (χ1v) is 10.1. The quantitative estimate of drug-likeness (QED) is 0.730. The summed E-state index contributed by atoms with van der Waals surface area (Å²) in [5, 5.41) is 0. The zero-order valence-corrected chi connectivity index (χ0v) is 15.6. The third-order valence-corrected chi connectivity index (χ3v) is 5.15. The Labute approximate surface area is 143 Å². The van der Waals surface area contributed by atoms with Gasteiger partial charge in [-0.1, -0.05) is 6.42 Å². The molecule has 0 aliphatic carbocycles. The first-order valence-electron chi connectivity index (χ1n) is 8.06. The molecular formula is C16H26N4O3S. The summed E-state index contributed by atoms with van der Waals surface area (Å²) >= 11 is 0. The van der Waals surface area contributed by atoms with Crippen molar-refractivity contribution in [2.45, 2.75) is 45.8 Å². The second-order valence-electron chi connectivity index (χ2n) is 6.21. The van der Waals surface area contributed by atoms with Crippen LogP contribution in [0.25, 0.3) is 11.0 Å². The number of anilines is 1. The van der Waals surface area contributed by atoms with Gasteiger partial charge < -0.3 is 15.0 Å². The van der Waals surface area contributed by atoms with Crippen LogP contribution in [-0.4, -0.2) is 42.1 Å².